The largest absolute Gasteiger partial charge is 0.487 e. The van der Waals surface area contributed by atoms with E-state index in [2.05, 4.69) is 15.3 Å². The van der Waals surface area contributed by atoms with E-state index in [-0.39, 0.29) is 6.10 Å². The van der Waals surface area contributed by atoms with Crippen LogP contribution >= 0.6 is 11.3 Å². The average molecular weight is 263 g/mol. The van der Waals surface area contributed by atoms with E-state index in [4.69, 9.17) is 4.74 Å². The van der Waals surface area contributed by atoms with Gasteiger partial charge in [0.1, 0.15) is 0 Å². The summed E-state index contributed by atoms with van der Waals surface area (Å²) in [6.07, 6.45) is 4.64. The van der Waals surface area contributed by atoms with Crippen molar-refractivity contribution in [1.29, 1.82) is 0 Å². The summed E-state index contributed by atoms with van der Waals surface area (Å²) < 4.78 is 5.70. The standard InChI is InChI=1S/C13H17N3OS/c1-10(2)17-11-4-3-6-15-13(11)16-7-5-12-14-8-9-18-12/h3-4,6,8-10H,5,7H2,1-2H3,(H,15,16). The molecule has 0 saturated heterocycles. The summed E-state index contributed by atoms with van der Waals surface area (Å²) in [5, 5.41) is 6.41. The summed E-state index contributed by atoms with van der Waals surface area (Å²) in [4.78, 5) is 8.54. The number of pyridine rings is 1. The van der Waals surface area contributed by atoms with Crippen LogP contribution in [0.4, 0.5) is 5.82 Å². The van der Waals surface area contributed by atoms with E-state index in [1.165, 1.54) is 0 Å². The Labute approximate surface area is 111 Å². The third-order valence-electron chi connectivity index (χ3n) is 2.25. The number of hydrogen-bond acceptors (Lipinski definition) is 5. The van der Waals surface area contributed by atoms with Crippen LogP contribution in [0.25, 0.3) is 0 Å². The second kappa shape index (κ2) is 6.35. The maximum absolute atomic E-state index is 5.70. The van der Waals surface area contributed by atoms with Gasteiger partial charge in [-0.25, -0.2) is 9.97 Å². The van der Waals surface area contributed by atoms with Gasteiger partial charge in [-0.15, -0.1) is 11.3 Å². The summed E-state index contributed by atoms with van der Waals surface area (Å²) >= 11 is 1.67. The summed E-state index contributed by atoms with van der Waals surface area (Å²) in [5.74, 6) is 1.59. The van der Waals surface area contributed by atoms with Crippen molar-refractivity contribution < 1.29 is 4.74 Å². The lowest BCUT2D eigenvalue weighted by Gasteiger charge is -2.13. The molecule has 2 aromatic rings. The number of ether oxygens (including phenoxy) is 1. The fourth-order valence-corrected chi connectivity index (χ4v) is 2.16. The van der Waals surface area contributed by atoms with Gasteiger partial charge in [0, 0.05) is 30.7 Å². The van der Waals surface area contributed by atoms with E-state index in [0.29, 0.717) is 0 Å². The fraction of sp³-hybridized carbons (Fsp3) is 0.385. The molecule has 5 heteroatoms. The molecule has 0 spiro atoms. The summed E-state index contributed by atoms with van der Waals surface area (Å²) in [6, 6.07) is 3.81. The van der Waals surface area contributed by atoms with Crippen LogP contribution in [0.15, 0.2) is 29.9 Å². The third-order valence-corrected chi connectivity index (χ3v) is 3.09. The molecule has 0 aromatic carbocycles. The molecule has 0 saturated carbocycles. The van der Waals surface area contributed by atoms with Crippen molar-refractivity contribution in [3.63, 3.8) is 0 Å². The highest BCUT2D eigenvalue weighted by Crippen LogP contribution is 2.22. The van der Waals surface area contributed by atoms with Crippen LogP contribution in [-0.4, -0.2) is 22.6 Å². The molecule has 0 unspecified atom stereocenters. The van der Waals surface area contributed by atoms with Gasteiger partial charge in [0.2, 0.25) is 0 Å². The molecular formula is C13H17N3OS. The number of thiazole rings is 1. The van der Waals surface area contributed by atoms with Gasteiger partial charge in [0.05, 0.1) is 11.1 Å². The lowest BCUT2D eigenvalue weighted by Crippen LogP contribution is -2.11. The predicted octanol–water partition coefficient (Wildman–Crippen LogP) is 2.98. The molecule has 0 fully saturated rings. The van der Waals surface area contributed by atoms with Gasteiger partial charge in [-0.2, -0.15) is 0 Å². The zero-order valence-electron chi connectivity index (χ0n) is 10.6. The van der Waals surface area contributed by atoms with Crippen molar-refractivity contribution in [2.45, 2.75) is 26.4 Å². The molecule has 2 rings (SSSR count). The lowest BCUT2D eigenvalue weighted by molar-refractivity contribution is 0.243. The minimum Gasteiger partial charge on any atom is -0.487 e. The number of nitrogens with one attached hydrogen (secondary N) is 1. The number of aromatic nitrogens is 2. The molecule has 0 aliphatic carbocycles. The normalized spacial score (nSPS) is 10.6. The van der Waals surface area contributed by atoms with Crippen LogP contribution in [0.5, 0.6) is 5.75 Å². The highest BCUT2D eigenvalue weighted by atomic mass is 32.1. The molecule has 1 N–H and O–H groups in total. The van der Waals surface area contributed by atoms with Gasteiger partial charge in [0.15, 0.2) is 11.6 Å². The molecule has 2 heterocycles. The van der Waals surface area contributed by atoms with Crippen molar-refractivity contribution in [2.24, 2.45) is 0 Å². The minimum atomic E-state index is 0.147. The maximum Gasteiger partial charge on any atom is 0.168 e. The van der Waals surface area contributed by atoms with E-state index in [9.17, 15) is 0 Å². The Bertz CT molecular complexity index is 471. The molecule has 0 aliphatic rings. The molecule has 0 atom stereocenters. The Morgan fingerprint density at radius 2 is 2.22 bits per heavy atom. The molecule has 18 heavy (non-hydrogen) atoms. The van der Waals surface area contributed by atoms with E-state index in [1.807, 2.05) is 37.6 Å². The van der Waals surface area contributed by atoms with E-state index in [0.717, 1.165) is 29.5 Å². The molecule has 0 aliphatic heterocycles. The smallest absolute Gasteiger partial charge is 0.168 e. The molecular weight excluding hydrogens is 246 g/mol. The summed E-state index contributed by atoms with van der Waals surface area (Å²) in [6.45, 7) is 4.82. The average Bonchev–Trinajstić information content (AvgIpc) is 2.84. The van der Waals surface area contributed by atoms with Gasteiger partial charge in [-0.3, -0.25) is 0 Å². The Balaban J connectivity index is 1.92. The van der Waals surface area contributed by atoms with Crippen LogP contribution in [0.2, 0.25) is 0 Å². The monoisotopic (exact) mass is 263 g/mol. The quantitative estimate of drug-likeness (QED) is 0.870. The second-order valence-electron chi connectivity index (χ2n) is 4.12. The van der Waals surface area contributed by atoms with Gasteiger partial charge in [0.25, 0.3) is 0 Å². The summed E-state index contributed by atoms with van der Waals surface area (Å²) in [5.41, 5.74) is 0. The first-order chi connectivity index (χ1) is 8.75. The zero-order valence-corrected chi connectivity index (χ0v) is 11.4. The van der Waals surface area contributed by atoms with Gasteiger partial charge in [-0.05, 0) is 26.0 Å². The Morgan fingerprint density at radius 3 is 2.94 bits per heavy atom. The van der Waals surface area contributed by atoms with Crippen LogP contribution in [0.3, 0.4) is 0 Å². The molecule has 2 aromatic heterocycles. The van der Waals surface area contributed by atoms with Crippen molar-refractivity contribution in [1.82, 2.24) is 9.97 Å². The Morgan fingerprint density at radius 1 is 1.33 bits per heavy atom. The Hall–Kier alpha value is -1.62. The van der Waals surface area contributed by atoms with Crippen molar-refractivity contribution >= 4 is 17.2 Å². The molecule has 4 nitrogen and oxygen atoms in total. The predicted molar refractivity (Wildman–Crippen MR) is 74.3 cm³/mol. The highest BCUT2D eigenvalue weighted by Gasteiger charge is 2.06. The van der Waals surface area contributed by atoms with E-state index >= 15 is 0 Å². The first-order valence-electron chi connectivity index (χ1n) is 5.99. The number of nitrogens with zero attached hydrogens (tertiary/aromatic N) is 2. The third kappa shape index (κ3) is 3.70. The molecule has 0 bridgehead atoms. The highest BCUT2D eigenvalue weighted by molar-refractivity contribution is 7.09. The first-order valence-corrected chi connectivity index (χ1v) is 6.87. The Kier molecular flexibility index (Phi) is 4.52. The minimum absolute atomic E-state index is 0.147. The summed E-state index contributed by atoms with van der Waals surface area (Å²) in [7, 11) is 0. The number of rotatable bonds is 6. The number of hydrogen-bond donors (Lipinski definition) is 1. The second-order valence-corrected chi connectivity index (χ2v) is 5.10. The topological polar surface area (TPSA) is 47.0 Å². The maximum atomic E-state index is 5.70. The van der Waals surface area contributed by atoms with Gasteiger partial charge in [-0.1, -0.05) is 0 Å². The van der Waals surface area contributed by atoms with Crippen LogP contribution in [0.1, 0.15) is 18.9 Å². The zero-order chi connectivity index (χ0) is 12.8. The van der Waals surface area contributed by atoms with Crippen LogP contribution in [-0.2, 0) is 6.42 Å². The molecule has 0 amide bonds. The SMILES string of the molecule is CC(C)Oc1cccnc1NCCc1nccs1. The molecule has 96 valence electrons. The van der Waals surface area contributed by atoms with Crippen LogP contribution < -0.4 is 10.1 Å². The first kappa shape index (κ1) is 12.8. The van der Waals surface area contributed by atoms with Gasteiger partial charge >= 0.3 is 0 Å². The van der Waals surface area contributed by atoms with E-state index < -0.39 is 0 Å². The van der Waals surface area contributed by atoms with Crippen LogP contribution in [0, 0.1) is 0 Å². The van der Waals surface area contributed by atoms with Crippen molar-refractivity contribution in [2.75, 3.05) is 11.9 Å². The fourth-order valence-electron chi connectivity index (χ4n) is 1.54. The van der Waals surface area contributed by atoms with E-state index in [1.54, 1.807) is 17.5 Å². The molecule has 0 radical (unpaired) electrons. The number of anilines is 1. The van der Waals surface area contributed by atoms with Crippen molar-refractivity contribution in [3.05, 3.63) is 34.9 Å². The van der Waals surface area contributed by atoms with Crippen molar-refractivity contribution in [3.8, 4) is 5.75 Å². The van der Waals surface area contributed by atoms with Gasteiger partial charge < -0.3 is 10.1 Å². The lowest BCUT2D eigenvalue weighted by atomic mass is 10.3.